The minimum absolute atomic E-state index is 0. The molecule has 0 fully saturated rings. The monoisotopic (exact) mass is 368 g/mol. The van der Waals surface area contributed by atoms with Gasteiger partial charge in [0.25, 0.3) is 0 Å². The van der Waals surface area contributed by atoms with Crippen LogP contribution in [0.15, 0.2) is 23.1 Å². The summed E-state index contributed by atoms with van der Waals surface area (Å²) in [7, 11) is -3.33. The van der Waals surface area contributed by atoms with E-state index in [0.717, 1.165) is 30.5 Å². The molecule has 0 saturated heterocycles. The molecule has 6 nitrogen and oxygen atoms in total. The number of halogens is 1. The molecule has 1 aliphatic rings. The fraction of sp³-hybridized carbons (Fsp3) is 0.375. The molecule has 0 radical (unpaired) electrons. The van der Waals surface area contributed by atoms with Crippen LogP contribution in [-0.2, 0) is 22.7 Å². The van der Waals surface area contributed by atoms with Gasteiger partial charge in [-0.1, -0.05) is 6.92 Å². The van der Waals surface area contributed by atoms with Crippen LogP contribution in [-0.4, -0.2) is 29.2 Å². The molecule has 130 valence electrons. The van der Waals surface area contributed by atoms with Crippen molar-refractivity contribution in [3.63, 3.8) is 0 Å². The summed E-state index contributed by atoms with van der Waals surface area (Å²) in [6.45, 7) is 3.41. The van der Waals surface area contributed by atoms with Gasteiger partial charge in [-0.3, -0.25) is 0 Å². The van der Waals surface area contributed by atoms with E-state index >= 15 is 0 Å². The Hall–Kier alpha value is -1.86. The number of aromatic nitrogens is 2. The third-order valence-corrected chi connectivity index (χ3v) is 5.74. The molecule has 1 aromatic carbocycles. The Morgan fingerprint density at radius 1 is 1.25 bits per heavy atom. The number of anilines is 2. The summed E-state index contributed by atoms with van der Waals surface area (Å²) in [5, 5.41) is 13.1. The van der Waals surface area contributed by atoms with Crippen LogP contribution >= 0.6 is 0 Å². The van der Waals surface area contributed by atoms with Gasteiger partial charge in [0.15, 0.2) is 9.84 Å². The van der Waals surface area contributed by atoms with Gasteiger partial charge >= 0.3 is 0 Å². The number of hydrogen-bond donors (Lipinski definition) is 2. The summed E-state index contributed by atoms with van der Waals surface area (Å²) >= 11 is 0. The molecule has 1 heterocycles. The van der Waals surface area contributed by atoms with Gasteiger partial charge in [0, 0.05) is 11.3 Å². The Balaban J connectivity index is 0.00000208. The molecular formula is C16H19ClN3O3S-. The molecule has 3 rings (SSSR count). The zero-order valence-electron chi connectivity index (χ0n) is 13.5. The minimum atomic E-state index is -3.33. The third-order valence-electron chi connectivity index (χ3n) is 4.01. The van der Waals surface area contributed by atoms with E-state index in [1.165, 1.54) is 18.2 Å². The standard InChI is InChI=1S/C16H19N3O3S.ClH/c1-3-23(21,22)11-7-8-15(20)14(9-11)19-16-12-5-4-6-13(12)17-10(2)18-16;/h7-9,20H,3-6H2,1-2H3,(H,17,18,19);1H/p-1. The molecule has 8 heteroatoms. The van der Waals surface area contributed by atoms with Crippen LogP contribution in [0, 0.1) is 6.92 Å². The molecule has 0 atom stereocenters. The van der Waals surface area contributed by atoms with Crippen LogP contribution in [0.3, 0.4) is 0 Å². The summed E-state index contributed by atoms with van der Waals surface area (Å²) in [6, 6.07) is 4.25. The number of nitrogens with one attached hydrogen (secondary N) is 1. The molecule has 0 unspecified atom stereocenters. The van der Waals surface area contributed by atoms with E-state index in [9.17, 15) is 13.5 Å². The van der Waals surface area contributed by atoms with E-state index in [2.05, 4.69) is 15.3 Å². The summed E-state index contributed by atoms with van der Waals surface area (Å²) in [4.78, 5) is 9.03. The molecule has 1 aromatic heterocycles. The van der Waals surface area contributed by atoms with Crippen LogP contribution in [0.5, 0.6) is 5.75 Å². The quantitative estimate of drug-likeness (QED) is 0.708. The number of phenols is 1. The Morgan fingerprint density at radius 3 is 2.71 bits per heavy atom. The predicted molar refractivity (Wildman–Crippen MR) is 87.9 cm³/mol. The first-order valence-corrected chi connectivity index (χ1v) is 9.25. The number of rotatable bonds is 4. The van der Waals surface area contributed by atoms with Crippen LogP contribution in [0.4, 0.5) is 11.5 Å². The van der Waals surface area contributed by atoms with Crippen LogP contribution in [0.2, 0.25) is 0 Å². The topological polar surface area (TPSA) is 92.2 Å². The first kappa shape index (κ1) is 18.5. The SMILES string of the molecule is CCS(=O)(=O)c1ccc(O)c(Nc2nc(C)nc3c2CCC3)c1.[Cl-]. The normalized spacial score (nSPS) is 13.2. The fourth-order valence-electron chi connectivity index (χ4n) is 2.76. The van der Waals surface area contributed by atoms with Crippen molar-refractivity contribution in [1.29, 1.82) is 0 Å². The number of sulfone groups is 1. The Kier molecular flexibility index (Phi) is 5.35. The van der Waals surface area contributed by atoms with Crippen molar-refractivity contribution in [3.05, 3.63) is 35.3 Å². The zero-order valence-corrected chi connectivity index (χ0v) is 15.1. The second-order valence-corrected chi connectivity index (χ2v) is 7.88. The average molecular weight is 369 g/mol. The Labute approximate surface area is 147 Å². The Morgan fingerprint density at radius 2 is 2.00 bits per heavy atom. The van der Waals surface area contributed by atoms with E-state index in [0.29, 0.717) is 17.3 Å². The number of benzene rings is 1. The van der Waals surface area contributed by atoms with Gasteiger partial charge in [0.05, 0.1) is 16.3 Å². The average Bonchev–Trinajstić information content (AvgIpc) is 2.97. The third kappa shape index (κ3) is 3.47. The van der Waals surface area contributed by atoms with Crippen LogP contribution in [0.25, 0.3) is 0 Å². The van der Waals surface area contributed by atoms with E-state index in [4.69, 9.17) is 0 Å². The highest BCUT2D eigenvalue weighted by Gasteiger charge is 2.20. The second kappa shape index (κ2) is 6.94. The molecule has 2 aromatic rings. The van der Waals surface area contributed by atoms with Gasteiger partial charge < -0.3 is 22.8 Å². The number of phenolic OH excluding ortho intramolecular Hbond substituents is 1. The maximum absolute atomic E-state index is 12.0. The number of aromatic hydroxyl groups is 1. The molecule has 0 spiro atoms. The molecule has 2 N–H and O–H groups in total. The first-order chi connectivity index (χ1) is 10.9. The van der Waals surface area contributed by atoms with Crippen molar-refractivity contribution in [2.24, 2.45) is 0 Å². The van der Waals surface area contributed by atoms with E-state index in [1.54, 1.807) is 6.92 Å². The highest BCUT2D eigenvalue weighted by atomic mass is 35.5. The van der Waals surface area contributed by atoms with Gasteiger partial charge in [-0.05, 0) is 44.4 Å². The van der Waals surface area contributed by atoms with E-state index in [1.807, 2.05) is 6.92 Å². The van der Waals surface area contributed by atoms with Gasteiger partial charge in [-0.2, -0.15) is 0 Å². The number of fused-ring (bicyclic) bond motifs is 1. The zero-order chi connectivity index (χ0) is 16.6. The first-order valence-electron chi connectivity index (χ1n) is 7.60. The highest BCUT2D eigenvalue weighted by Crippen LogP contribution is 2.33. The number of hydrogen-bond acceptors (Lipinski definition) is 6. The fourth-order valence-corrected chi connectivity index (χ4v) is 3.67. The maximum atomic E-state index is 12.0. The molecule has 0 aliphatic heterocycles. The smallest absolute Gasteiger partial charge is 0.178 e. The number of aryl methyl sites for hydroxylation is 2. The summed E-state index contributed by atoms with van der Waals surface area (Å²) in [5.74, 6) is 1.30. The van der Waals surface area contributed by atoms with Gasteiger partial charge in [-0.25, -0.2) is 18.4 Å². The van der Waals surface area contributed by atoms with Crippen molar-refractivity contribution in [1.82, 2.24) is 9.97 Å². The lowest BCUT2D eigenvalue weighted by Crippen LogP contribution is -3.00. The predicted octanol–water partition coefficient (Wildman–Crippen LogP) is -0.479. The molecule has 24 heavy (non-hydrogen) atoms. The summed E-state index contributed by atoms with van der Waals surface area (Å²) in [5.41, 5.74) is 2.40. The minimum Gasteiger partial charge on any atom is -1.00 e. The largest absolute Gasteiger partial charge is 1.00 e. The van der Waals surface area contributed by atoms with E-state index in [-0.39, 0.29) is 28.8 Å². The summed E-state index contributed by atoms with van der Waals surface area (Å²) < 4.78 is 24.0. The highest BCUT2D eigenvalue weighted by molar-refractivity contribution is 7.91. The Bertz CT molecular complexity index is 869. The van der Waals surface area contributed by atoms with Gasteiger partial charge in [0.1, 0.15) is 17.4 Å². The van der Waals surface area contributed by atoms with Crippen LogP contribution < -0.4 is 17.7 Å². The molecule has 1 aliphatic carbocycles. The lowest BCUT2D eigenvalue weighted by molar-refractivity contribution is -0.00000836. The van der Waals surface area contributed by atoms with Gasteiger partial charge in [0.2, 0.25) is 0 Å². The molecular weight excluding hydrogens is 350 g/mol. The van der Waals surface area contributed by atoms with Gasteiger partial charge in [-0.15, -0.1) is 0 Å². The summed E-state index contributed by atoms with van der Waals surface area (Å²) in [6.07, 6.45) is 2.83. The lowest BCUT2D eigenvalue weighted by atomic mass is 10.2. The lowest BCUT2D eigenvalue weighted by Gasteiger charge is -2.13. The van der Waals surface area contributed by atoms with E-state index < -0.39 is 9.84 Å². The maximum Gasteiger partial charge on any atom is 0.178 e. The van der Waals surface area contributed by atoms with Crippen molar-refractivity contribution in [2.45, 2.75) is 38.0 Å². The van der Waals surface area contributed by atoms with Crippen molar-refractivity contribution in [2.75, 3.05) is 11.1 Å². The molecule has 0 amide bonds. The second-order valence-electron chi connectivity index (χ2n) is 5.61. The number of nitrogens with zero attached hydrogens (tertiary/aromatic N) is 2. The van der Waals surface area contributed by atoms with Crippen molar-refractivity contribution < 1.29 is 25.9 Å². The molecule has 0 bridgehead atoms. The van der Waals surface area contributed by atoms with Crippen LogP contribution in [0.1, 0.15) is 30.4 Å². The van der Waals surface area contributed by atoms with Crippen molar-refractivity contribution in [3.8, 4) is 5.75 Å². The van der Waals surface area contributed by atoms with Crippen molar-refractivity contribution >= 4 is 21.3 Å². The molecule has 0 saturated carbocycles.